The maximum absolute atomic E-state index is 12.9. The van der Waals surface area contributed by atoms with Crippen LogP contribution in [-0.4, -0.2) is 55.1 Å². The zero-order chi connectivity index (χ0) is 21.6. The summed E-state index contributed by atoms with van der Waals surface area (Å²) >= 11 is 0. The van der Waals surface area contributed by atoms with Crippen molar-refractivity contribution in [2.75, 3.05) is 6.54 Å². The van der Waals surface area contributed by atoms with E-state index in [1.165, 1.54) is 6.33 Å². The lowest BCUT2D eigenvalue weighted by Crippen LogP contribution is -2.51. The number of amides is 2. The van der Waals surface area contributed by atoms with E-state index in [2.05, 4.69) is 20.4 Å². The molecular weight excluding hydrogens is 394 g/mol. The Hall–Kier alpha value is -3.59. The van der Waals surface area contributed by atoms with Crippen molar-refractivity contribution in [2.24, 2.45) is 5.73 Å². The third-order valence-corrected chi connectivity index (χ3v) is 5.42. The Morgan fingerprint density at radius 2 is 2.03 bits per heavy atom. The Kier molecular flexibility index (Phi) is 6.32. The summed E-state index contributed by atoms with van der Waals surface area (Å²) in [6.07, 6.45) is 6.52. The highest BCUT2D eigenvalue weighted by molar-refractivity contribution is 5.90. The molecule has 1 saturated heterocycles. The molecule has 1 aliphatic heterocycles. The summed E-state index contributed by atoms with van der Waals surface area (Å²) in [5, 5.41) is 7.05. The molecule has 0 spiro atoms. The molecule has 2 atom stereocenters. The van der Waals surface area contributed by atoms with Crippen molar-refractivity contribution in [3.63, 3.8) is 0 Å². The maximum Gasteiger partial charge on any atom is 0.243 e. The molecule has 0 aliphatic carbocycles. The number of rotatable bonds is 7. The smallest absolute Gasteiger partial charge is 0.243 e. The number of nitrogens with two attached hydrogens (primary N) is 1. The lowest BCUT2D eigenvalue weighted by Gasteiger charge is -2.26. The standard InChI is InChI=1S/C22H25N7O2/c23-17(12-16-6-2-1-3-7-16)22(31)28-11-5-9-20(28)21(30)26-13-18-19(8-4-10-25-18)29-15-24-14-27-29/h1-4,6-8,10,14-15,17,20H,5,9,11-13,23H2,(H,26,30). The molecule has 9 nitrogen and oxygen atoms in total. The Labute approximate surface area is 180 Å². The summed E-state index contributed by atoms with van der Waals surface area (Å²) in [6, 6.07) is 12.1. The SMILES string of the molecule is NC(Cc1ccccc1)C(=O)N1CCCC1C(=O)NCc1ncccc1-n1cncn1. The Bertz CT molecular complexity index is 1020. The van der Waals surface area contributed by atoms with Crippen LogP contribution >= 0.6 is 0 Å². The second-order valence-electron chi connectivity index (χ2n) is 7.51. The zero-order valence-corrected chi connectivity index (χ0v) is 17.1. The van der Waals surface area contributed by atoms with E-state index in [1.54, 1.807) is 28.2 Å². The van der Waals surface area contributed by atoms with Crippen LogP contribution in [0.4, 0.5) is 0 Å². The number of likely N-dealkylation sites (tertiary alicyclic amines) is 1. The largest absolute Gasteiger partial charge is 0.349 e. The van der Waals surface area contributed by atoms with Gasteiger partial charge >= 0.3 is 0 Å². The van der Waals surface area contributed by atoms with E-state index >= 15 is 0 Å². The number of nitrogens with one attached hydrogen (secondary N) is 1. The van der Waals surface area contributed by atoms with Crippen LogP contribution in [-0.2, 0) is 22.6 Å². The predicted molar refractivity (Wildman–Crippen MR) is 114 cm³/mol. The molecule has 3 heterocycles. The van der Waals surface area contributed by atoms with E-state index in [4.69, 9.17) is 5.73 Å². The molecule has 2 aromatic heterocycles. The molecule has 4 rings (SSSR count). The van der Waals surface area contributed by atoms with Crippen molar-refractivity contribution in [3.05, 3.63) is 72.6 Å². The first-order chi connectivity index (χ1) is 15.1. The van der Waals surface area contributed by atoms with E-state index in [9.17, 15) is 9.59 Å². The Morgan fingerprint density at radius 1 is 1.19 bits per heavy atom. The molecule has 3 N–H and O–H groups in total. The summed E-state index contributed by atoms with van der Waals surface area (Å²) in [5.74, 6) is -0.393. The van der Waals surface area contributed by atoms with Crippen molar-refractivity contribution in [3.8, 4) is 5.69 Å². The molecule has 0 bridgehead atoms. The first-order valence-electron chi connectivity index (χ1n) is 10.3. The second-order valence-corrected chi connectivity index (χ2v) is 7.51. The van der Waals surface area contributed by atoms with Gasteiger partial charge < -0.3 is 16.0 Å². The van der Waals surface area contributed by atoms with E-state index in [0.717, 1.165) is 17.7 Å². The number of carbonyl (C=O) groups excluding carboxylic acids is 2. The summed E-state index contributed by atoms with van der Waals surface area (Å²) in [6.45, 7) is 0.761. The van der Waals surface area contributed by atoms with Crippen LogP contribution in [0, 0.1) is 0 Å². The van der Waals surface area contributed by atoms with Gasteiger partial charge in [0.25, 0.3) is 0 Å². The molecule has 160 valence electrons. The molecule has 9 heteroatoms. The van der Waals surface area contributed by atoms with Gasteiger partial charge in [-0.3, -0.25) is 14.6 Å². The van der Waals surface area contributed by atoms with Crippen LogP contribution < -0.4 is 11.1 Å². The van der Waals surface area contributed by atoms with Gasteiger partial charge in [0.1, 0.15) is 18.7 Å². The lowest BCUT2D eigenvalue weighted by molar-refractivity contribution is -0.139. The van der Waals surface area contributed by atoms with Gasteiger partial charge in [0.2, 0.25) is 11.8 Å². The average molecular weight is 419 g/mol. The monoisotopic (exact) mass is 419 g/mol. The first-order valence-corrected chi connectivity index (χ1v) is 10.3. The first kappa shape index (κ1) is 20.7. The fraction of sp³-hybridized carbons (Fsp3) is 0.318. The number of aromatic nitrogens is 4. The highest BCUT2D eigenvalue weighted by atomic mass is 16.2. The van der Waals surface area contributed by atoms with Crippen LogP contribution in [0.1, 0.15) is 24.1 Å². The van der Waals surface area contributed by atoms with Crippen LogP contribution in [0.5, 0.6) is 0 Å². The fourth-order valence-electron chi connectivity index (χ4n) is 3.87. The van der Waals surface area contributed by atoms with E-state index in [-0.39, 0.29) is 18.4 Å². The average Bonchev–Trinajstić information content (AvgIpc) is 3.50. The third kappa shape index (κ3) is 4.77. The van der Waals surface area contributed by atoms with Crippen molar-refractivity contribution < 1.29 is 9.59 Å². The van der Waals surface area contributed by atoms with E-state index in [0.29, 0.717) is 25.1 Å². The third-order valence-electron chi connectivity index (χ3n) is 5.42. The van der Waals surface area contributed by atoms with Gasteiger partial charge in [-0.2, -0.15) is 5.10 Å². The number of carbonyl (C=O) groups is 2. The highest BCUT2D eigenvalue weighted by Gasteiger charge is 2.36. The van der Waals surface area contributed by atoms with Crippen LogP contribution in [0.15, 0.2) is 61.3 Å². The molecule has 3 aromatic rings. The Balaban J connectivity index is 1.39. The van der Waals surface area contributed by atoms with Gasteiger partial charge in [0.15, 0.2) is 0 Å². The van der Waals surface area contributed by atoms with Crippen LogP contribution in [0.2, 0.25) is 0 Å². The fourth-order valence-corrected chi connectivity index (χ4v) is 3.87. The lowest BCUT2D eigenvalue weighted by atomic mass is 10.1. The topological polar surface area (TPSA) is 119 Å². The molecule has 0 radical (unpaired) electrons. The van der Waals surface area contributed by atoms with Crippen molar-refractivity contribution in [2.45, 2.75) is 37.9 Å². The zero-order valence-electron chi connectivity index (χ0n) is 17.1. The summed E-state index contributed by atoms with van der Waals surface area (Å²) < 4.78 is 1.60. The molecule has 2 amide bonds. The quantitative estimate of drug-likeness (QED) is 0.586. The number of nitrogens with zero attached hydrogens (tertiary/aromatic N) is 5. The maximum atomic E-state index is 12.9. The van der Waals surface area contributed by atoms with Gasteiger partial charge in [-0.05, 0) is 37.0 Å². The van der Waals surface area contributed by atoms with Crippen molar-refractivity contribution in [1.29, 1.82) is 0 Å². The van der Waals surface area contributed by atoms with E-state index < -0.39 is 12.1 Å². The van der Waals surface area contributed by atoms with Gasteiger partial charge in [-0.25, -0.2) is 9.67 Å². The molecule has 31 heavy (non-hydrogen) atoms. The van der Waals surface area contributed by atoms with Crippen LogP contribution in [0.3, 0.4) is 0 Å². The van der Waals surface area contributed by atoms with Gasteiger partial charge in [0, 0.05) is 12.7 Å². The summed E-state index contributed by atoms with van der Waals surface area (Å²) in [7, 11) is 0. The summed E-state index contributed by atoms with van der Waals surface area (Å²) in [5.41, 5.74) is 8.59. The molecule has 0 saturated carbocycles. The van der Waals surface area contributed by atoms with Crippen molar-refractivity contribution >= 4 is 11.8 Å². The minimum Gasteiger partial charge on any atom is -0.349 e. The predicted octanol–water partition coefficient (Wildman–Crippen LogP) is 0.840. The van der Waals surface area contributed by atoms with Crippen molar-refractivity contribution in [1.82, 2.24) is 30.0 Å². The number of benzene rings is 1. The minimum atomic E-state index is -0.675. The summed E-state index contributed by atoms with van der Waals surface area (Å²) in [4.78, 5) is 35.8. The minimum absolute atomic E-state index is 0.192. The highest BCUT2D eigenvalue weighted by Crippen LogP contribution is 2.19. The van der Waals surface area contributed by atoms with Gasteiger partial charge in [-0.1, -0.05) is 30.3 Å². The van der Waals surface area contributed by atoms with E-state index in [1.807, 2.05) is 36.4 Å². The number of pyridine rings is 1. The Morgan fingerprint density at radius 3 is 2.81 bits per heavy atom. The molecule has 1 aliphatic rings. The molecule has 1 aromatic carbocycles. The van der Waals surface area contributed by atoms with Gasteiger partial charge in [0.05, 0.1) is 24.0 Å². The molecule has 2 unspecified atom stereocenters. The van der Waals surface area contributed by atoms with Gasteiger partial charge in [-0.15, -0.1) is 0 Å². The number of hydrogen-bond donors (Lipinski definition) is 2. The normalized spacial score (nSPS) is 16.8. The number of hydrogen-bond acceptors (Lipinski definition) is 6. The molecule has 1 fully saturated rings. The molecular formula is C22H25N7O2. The second kappa shape index (κ2) is 9.48. The van der Waals surface area contributed by atoms with Crippen LogP contribution in [0.25, 0.3) is 5.69 Å².